The summed E-state index contributed by atoms with van der Waals surface area (Å²) in [5.41, 5.74) is 0. The van der Waals surface area contributed by atoms with Crippen molar-refractivity contribution in [1.29, 1.82) is 0 Å². The zero-order valence-corrected chi connectivity index (χ0v) is 41.5. The SMILES string of the molecule is CCCCC/C=C\C/C=C\CCCCCCCC(=O)OCCC1CCN(CCCSCCN2CCC(CCOC(=O)CCCCCCC/C=C\C/C=C\CCCCC)CC2)CC1. The van der Waals surface area contributed by atoms with Crippen molar-refractivity contribution in [2.45, 2.75) is 213 Å². The van der Waals surface area contributed by atoms with Crippen LogP contribution in [0.2, 0.25) is 0 Å². The van der Waals surface area contributed by atoms with Gasteiger partial charge in [-0.05, 0) is 172 Å². The summed E-state index contributed by atoms with van der Waals surface area (Å²) in [5.74, 6) is 3.89. The molecule has 2 fully saturated rings. The molecule has 0 aromatic carbocycles. The quantitative estimate of drug-likeness (QED) is 0.0344. The molecule has 2 aliphatic rings. The highest BCUT2D eigenvalue weighted by Gasteiger charge is 2.21. The Bertz CT molecular complexity index is 1050. The molecule has 0 atom stereocenters. The molecule has 0 bridgehead atoms. The van der Waals surface area contributed by atoms with Gasteiger partial charge >= 0.3 is 11.9 Å². The van der Waals surface area contributed by atoms with Crippen molar-refractivity contribution in [1.82, 2.24) is 9.80 Å². The second-order valence-electron chi connectivity index (χ2n) is 18.5. The molecule has 2 rings (SSSR count). The van der Waals surface area contributed by atoms with E-state index in [0.717, 1.165) is 51.4 Å². The van der Waals surface area contributed by atoms with Gasteiger partial charge < -0.3 is 19.3 Å². The van der Waals surface area contributed by atoms with Crippen molar-refractivity contribution in [3.63, 3.8) is 0 Å². The van der Waals surface area contributed by atoms with Gasteiger partial charge in [0.15, 0.2) is 0 Å². The Balaban J connectivity index is 1.30. The first kappa shape index (κ1) is 56.3. The third-order valence-electron chi connectivity index (χ3n) is 13.0. The van der Waals surface area contributed by atoms with Crippen molar-refractivity contribution in [3.8, 4) is 0 Å². The van der Waals surface area contributed by atoms with Crippen molar-refractivity contribution in [2.75, 3.05) is 64.0 Å². The van der Waals surface area contributed by atoms with E-state index in [-0.39, 0.29) is 11.9 Å². The van der Waals surface area contributed by atoms with E-state index in [2.05, 4.69) is 84.0 Å². The van der Waals surface area contributed by atoms with E-state index in [0.29, 0.717) is 37.9 Å². The number of thioether (sulfide) groups is 1. The zero-order chi connectivity index (χ0) is 44.2. The second kappa shape index (κ2) is 43.1. The molecule has 0 aliphatic carbocycles. The summed E-state index contributed by atoms with van der Waals surface area (Å²) in [6.45, 7) is 12.9. The third-order valence-corrected chi connectivity index (χ3v) is 14.0. The molecular weight excluding hydrogens is 785 g/mol. The average Bonchev–Trinajstić information content (AvgIpc) is 3.28. The number of hydrogen-bond donors (Lipinski definition) is 0. The van der Waals surface area contributed by atoms with Gasteiger partial charge in [-0.15, -0.1) is 0 Å². The molecule has 0 radical (unpaired) electrons. The maximum absolute atomic E-state index is 12.2. The number of unbranched alkanes of at least 4 members (excludes halogenated alkanes) is 16. The van der Waals surface area contributed by atoms with Gasteiger partial charge in [0.25, 0.3) is 0 Å². The molecule has 0 spiro atoms. The Hall–Kier alpha value is -1.83. The minimum absolute atomic E-state index is 0.00233. The summed E-state index contributed by atoms with van der Waals surface area (Å²) in [7, 11) is 0. The monoisotopic (exact) mass is 883 g/mol. The van der Waals surface area contributed by atoms with Crippen LogP contribution in [0.3, 0.4) is 0 Å². The van der Waals surface area contributed by atoms with E-state index in [1.54, 1.807) is 0 Å². The predicted octanol–water partition coefficient (Wildman–Crippen LogP) is 15.0. The summed E-state index contributed by atoms with van der Waals surface area (Å²) in [4.78, 5) is 29.8. The van der Waals surface area contributed by atoms with Crippen molar-refractivity contribution in [3.05, 3.63) is 48.6 Å². The highest BCUT2D eigenvalue weighted by molar-refractivity contribution is 7.99. The smallest absolute Gasteiger partial charge is 0.305 e. The van der Waals surface area contributed by atoms with Crippen molar-refractivity contribution < 1.29 is 19.1 Å². The molecule has 6 nitrogen and oxygen atoms in total. The predicted molar refractivity (Wildman–Crippen MR) is 270 cm³/mol. The van der Waals surface area contributed by atoms with Crippen LogP contribution in [0, 0.1) is 11.8 Å². The van der Waals surface area contributed by atoms with Crippen LogP contribution in [0.4, 0.5) is 0 Å². The minimum atomic E-state index is 0.00233. The summed E-state index contributed by atoms with van der Waals surface area (Å²) in [5, 5.41) is 0. The number of hydrogen-bond acceptors (Lipinski definition) is 7. The highest BCUT2D eigenvalue weighted by Crippen LogP contribution is 2.23. The van der Waals surface area contributed by atoms with Crippen LogP contribution in [0.25, 0.3) is 0 Å². The van der Waals surface area contributed by atoms with Crippen LogP contribution in [-0.4, -0.2) is 85.7 Å². The maximum atomic E-state index is 12.2. The number of allylic oxidation sites excluding steroid dienone is 8. The lowest BCUT2D eigenvalue weighted by atomic mass is 9.94. The summed E-state index contributed by atoms with van der Waals surface area (Å²) in [6, 6.07) is 0. The molecule has 2 aliphatic heterocycles. The summed E-state index contributed by atoms with van der Waals surface area (Å²) in [6.07, 6.45) is 54.4. The van der Waals surface area contributed by atoms with Crippen molar-refractivity contribution >= 4 is 23.7 Å². The van der Waals surface area contributed by atoms with Gasteiger partial charge in [-0.3, -0.25) is 9.59 Å². The molecule has 2 heterocycles. The van der Waals surface area contributed by atoms with E-state index >= 15 is 0 Å². The Morgan fingerprint density at radius 2 is 0.855 bits per heavy atom. The first-order valence-corrected chi connectivity index (χ1v) is 27.7. The van der Waals surface area contributed by atoms with E-state index in [1.807, 2.05) is 0 Å². The van der Waals surface area contributed by atoms with Crippen LogP contribution < -0.4 is 0 Å². The van der Waals surface area contributed by atoms with Gasteiger partial charge in [0.05, 0.1) is 13.2 Å². The number of ether oxygens (including phenoxy) is 2. The second-order valence-corrected chi connectivity index (χ2v) is 19.7. The summed E-state index contributed by atoms with van der Waals surface area (Å²) >= 11 is 2.12. The molecule has 0 aromatic rings. The average molecular weight is 883 g/mol. The summed E-state index contributed by atoms with van der Waals surface area (Å²) < 4.78 is 11.2. The number of esters is 2. The standard InChI is InChI=1S/C55H98N2O4S/c1-3-5-7-9-11-13-15-17-19-21-23-25-27-29-31-34-54(58)60-48-40-52-36-43-56(44-37-52)42-33-50-62-51-47-57-45-38-53(39-46-57)41-49-61-55(59)35-32-30-28-26-24-22-20-18-16-14-12-10-8-6-4-2/h11-14,17-20,52-53H,3-10,15-16,21-51H2,1-2H3/b13-11-,14-12-,19-17-,20-18-. The molecule has 358 valence electrons. The number of carbonyl (C=O) groups excluding carboxylic acids is 2. The van der Waals surface area contributed by atoms with Crippen molar-refractivity contribution in [2.24, 2.45) is 11.8 Å². The normalized spacial score (nSPS) is 16.2. The lowest BCUT2D eigenvalue weighted by Crippen LogP contribution is -2.36. The lowest BCUT2D eigenvalue weighted by Gasteiger charge is -2.32. The molecule has 0 N–H and O–H groups in total. The molecule has 7 heteroatoms. The number of piperidine rings is 2. The van der Waals surface area contributed by atoms with Gasteiger partial charge in [0, 0.05) is 25.1 Å². The van der Waals surface area contributed by atoms with Crippen LogP contribution in [-0.2, 0) is 19.1 Å². The Kier molecular flexibility index (Phi) is 39.1. The Morgan fingerprint density at radius 3 is 1.29 bits per heavy atom. The van der Waals surface area contributed by atoms with E-state index in [9.17, 15) is 9.59 Å². The fourth-order valence-corrected chi connectivity index (χ4v) is 9.59. The maximum Gasteiger partial charge on any atom is 0.305 e. The minimum Gasteiger partial charge on any atom is -0.466 e. The van der Waals surface area contributed by atoms with Crippen LogP contribution >= 0.6 is 11.8 Å². The number of likely N-dealkylation sites (tertiary alicyclic amines) is 2. The van der Waals surface area contributed by atoms with Gasteiger partial charge in [-0.2, -0.15) is 11.8 Å². The van der Waals surface area contributed by atoms with E-state index in [4.69, 9.17) is 9.47 Å². The van der Waals surface area contributed by atoms with Gasteiger partial charge in [0.2, 0.25) is 0 Å². The molecule has 0 unspecified atom stereocenters. The lowest BCUT2D eigenvalue weighted by molar-refractivity contribution is -0.145. The number of carbonyl (C=O) groups is 2. The topological polar surface area (TPSA) is 59.1 Å². The molecular formula is C55H98N2O4S. The first-order valence-electron chi connectivity index (χ1n) is 26.5. The molecule has 0 saturated carbocycles. The van der Waals surface area contributed by atoms with E-state index in [1.165, 1.54) is 186 Å². The van der Waals surface area contributed by atoms with E-state index < -0.39 is 0 Å². The third kappa shape index (κ3) is 35.5. The molecule has 0 aromatic heterocycles. The molecule has 2 saturated heterocycles. The highest BCUT2D eigenvalue weighted by atomic mass is 32.2. The van der Waals surface area contributed by atoms with Gasteiger partial charge in [-0.1, -0.05) is 127 Å². The fourth-order valence-electron chi connectivity index (χ4n) is 8.67. The van der Waals surface area contributed by atoms with Crippen LogP contribution in [0.15, 0.2) is 48.6 Å². The number of rotatable bonds is 41. The van der Waals surface area contributed by atoms with Gasteiger partial charge in [-0.25, -0.2) is 0 Å². The van der Waals surface area contributed by atoms with Crippen LogP contribution in [0.5, 0.6) is 0 Å². The Labute approximate surface area is 388 Å². The fraction of sp³-hybridized carbons (Fsp3) is 0.818. The van der Waals surface area contributed by atoms with Crippen LogP contribution in [0.1, 0.15) is 213 Å². The number of nitrogens with zero attached hydrogens (tertiary/aromatic N) is 2. The first-order chi connectivity index (χ1) is 30.6. The van der Waals surface area contributed by atoms with Gasteiger partial charge in [0.1, 0.15) is 0 Å². The molecule has 0 amide bonds. The Morgan fingerprint density at radius 1 is 0.468 bits per heavy atom. The molecule has 62 heavy (non-hydrogen) atoms. The zero-order valence-electron chi connectivity index (χ0n) is 40.7. The largest absolute Gasteiger partial charge is 0.466 e.